The number of nitrogens with one attached hydrogen (secondary N) is 1. The Hall–Kier alpha value is -3.98. The standard InChI is InChI=1S/C24H23ClN2O7/c1-5-33-24(29)20-21(15-7-9-16(25)10-8-15)27-34-23(20)26-19(28)11-6-14-12-17(30-2)22(32-4)18(13-14)31-3/h6-13H,5H2,1-4H3,(H,26,28)/b11-6+. The van der Waals surface area contributed by atoms with Gasteiger partial charge in [-0.1, -0.05) is 28.9 Å². The lowest BCUT2D eigenvalue weighted by molar-refractivity contribution is -0.112. The van der Waals surface area contributed by atoms with Gasteiger partial charge in [-0.05, 0) is 42.8 Å². The number of ether oxygens (including phenoxy) is 4. The zero-order chi connectivity index (χ0) is 24.7. The number of anilines is 1. The Kier molecular flexibility index (Phi) is 8.15. The molecule has 2 aromatic carbocycles. The normalized spacial score (nSPS) is 10.7. The van der Waals surface area contributed by atoms with Crippen molar-refractivity contribution in [2.75, 3.05) is 33.3 Å². The van der Waals surface area contributed by atoms with E-state index < -0.39 is 11.9 Å². The molecule has 0 atom stereocenters. The quantitative estimate of drug-likeness (QED) is 0.337. The van der Waals surface area contributed by atoms with E-state index in [1.54, 1.807) is 49.4 Å². The summed E-state index contributed by atoms with van der Waals surface area (Å²) in [5.74, 6) is -0.0654. The van der Waals surface area contributed by atoms with Crippen LogP contribution in [0.25, 0.3) is 17.3 Å². The Bertz CT molecular complexity index is 1180. The monoisotopic (exact) mass is 486 g/mol. The fourth-order valence-electron chi connectivity index (χ4n) is 3.10. The second-order valence-corrected chi connectivity index (χ2v) is 7.18. The van der Waals surface area contributed by atoms with Crippen molar-refractivity contribution in [2.45, 2.75) is 6.92 Å². The molecular formula is C24H23ClN2O7. The van der Waals surface area contributed by atoms with Crippen molar-refractivity contribution in [3.05, 3.63) is 58.6 Å². The molecule has 0 fully saturated rings. The van der Waals surface area contributed by atoms with Gasteiger partial charge < -0.3 is 23.5 Å². The van der Waals surface area contributed by atoms with E-state index in [2.05, 4.69) is 10.5 Å². The average Bonchev–Trinajstić information content (AvgIpc) is 3.25. The van der Waals surface area contributed by atoms with Crippen LogP contribution < -0.4 is 19.5 Å². The predicted octanol–water partition coefficient (Wildman–Crippen LogP) is 4.85. The number of esters is 1. The molecule has 0 aliphatic rings. The number of hydrogen-bond acceptors (Lipinski definition) is 8. The fraction of sp³-hybridized carbons (Fsp3) is 0.208. The highest BCUT2D eigenvalue weighted by Gasteiger charge is 2.26. The van der Waals surface area contributed by atoms with E-state index >= 15 is 0 Å². The smallest absolute Gasteiger partial charge is 0.346 e. The maximum atomic E-state index is 12.6. The maximum Gasteiger partial charge on any atom is 0.346 e. The Morgan fingerprint density at radius 1 is 1.06 bits per heavy atom. The predicted molar refractivity (Wildman–Crippen MR) is 127 cm³/mol. The summed E-state index contributed by atoms with van der Waals surface area (Å²) in [7, 11) is 4.49. The van der Waals surface area contributed by atoms with Crippen molar-refractivity contribution in [1.29, 1.82) is 0 Å². The van der Waals surface area contributed by atoms with Crippen LogP contribution in [0.3, 0.4) is 0 Å². The number of methoxy groups -OCH3 is 3. The Morgan fingerprint density at radius 2 is 1.71 bits per heavy atom. The van der Waals surface area contributed by atoms with Crippen molar-refractivity contribution in [1.82, 2.24) is 5.16 Å². The molecule has 34 heavy (non-hydrogen) atoms. The number of halogens is 1. The number of hydrogen-bond donors (Lipinski definition) is 1. The average molecular weight is 487 g/mol. The molecule has 1 aromatic heterocycles. The number of benzene rings is 2. The molecule has 0 saturated carbocycles. The Balaban J connectivity index is 1.88. The molecule has 0 bridgehead atoms. The van der Waals surface area contributed by atoms with Crippen molar-refractivity contribution < 1.29 is 33.1 Å². The SMILES string of the molecule is CCOC(=O)c1c(-c2ccc(Cl)cc2)noc1NC(=O)/C=C/c1cc(OC)c(OC)c(OC)c1. The second-order valence-electron chi connectivity index (χ2n) is 6.74. The molecule has 3 aromatic rings. The number of amides is 1. The first-order chi connectivity index (χ1) is 16.4. The summed E-state index contributed by atoms with van der Waals surface area (Å²) in [5, 5.41) is 7.01. The number of nitrogens with zero attached hydrogens (tertiary/aromatic N) is 1. The van der Waals surface area contributed by atoms with E-state index in [1.807, 2.05) is 0 Å². The fourth-order valence-corrected chi connectivity index (χ4v) is 3.22. The summed E-state index contributed by atoms with van der Waals surface area (Å²) in [5.41, 5.74) is 1.41. The summed E-state index contributed by atoms with van der Waals surface area (Å²) >= 11 is 5.94. The number of carbonyl (C=O) groups is 2. The van der Waals surface area contributed by atoms with Crippen LogP contribution in [0.2, 0.25) is 5.02 Å². The summed E-state index contributed by atoms with van der Waals surface area (Å²) in [6, 6.07) is 10.0. The highest BCUT2D eigenvalue weighted by Crippen LogP contribution is 2.38. The molecule has 0 spiro atoms. The number of aromatic nitrogens is 1. The van der Waals surface area contributed by atoms with Gasteiger partial charge in [-0.15, -0.1) is 0 Å². The van der Waals surface area contributed by atoms with Crippen LogP contribution in [0, 0.1) is 0 Å². The van der Waals surface area contributed by atoms with E-state index in [1.165, 1.54) is 27.4 Å². The van der Waals surface area contributed by atoms with E-state index in [-0.39, 0.29) is 23.7 Å². The molecule has 9 nitrogen and oxygen atoms in total. The highest BCUT2D eigenvalue weighted by atomic mass is 35.5. The van der Waals surface area contributed by atoms with Crippen LogP contribution in [0.4, 0.5) is 5.88 Å². The Morgan fingerprint density at radius 3 is 2.26 bits per heavy atom. The first kappa shape index (κ1) is 24.7. The van der Waals surface area contributed by atoms with Gasteiger partial charge in [-0.3, -0.25) is 10.1 Å². The zero-order valence-corrected chi connectivity index (χ0v) is 19.8. The molecule has 0 unspecified atom stereocenters. The van der Waals surface area contributed by atoms with Crippen LogP contribution in [0.5, 0.6) is 17.2 Å². The van der Waals surface area contributed by atoms with Gasteiger partial charge in [-0.25, -0.2) is 4.79 Å². The van der Waals surface area contributed by atoms with E-state index in [9.17, 15) is 9.59 Å². The lowest BCUT2D eigenvalue weighted by Gasteiger charge is -2.12. The van der Waals surface area contributed by atoms with Gasteiger partial charge in [-0.2, -0.15) is 0 Å². The third kappa shape index (κ3) is 5.49. The lowest BCUT2D eigenvalue weighted by Crippen LogP contribution is -2.13. The van der Waals surface area contributed by atoms with Crippen LogP contribution in [0.1, 0.15) is 22.8 Å². The van der Waals surface area contributed by atoms with Gasteiger partial charge in [0.15, 0.2) is 17.1 Å². The molecule has 0 radical (unpaired) electrons. The molecule has 0 saturated heterocycles. The molecule has 178 valence electrons. The zero-order valence-electron chi connectivity index (χ0n) is 19.0. The van der Waals surface area contributed by atoms with Crippen molar-refractivity contribution >= 4 is 35.4 Å². The van der Waals surface area contributed by atoms with Gasteiger partial charge in [0.05, 0.1) is 27.9 Å². The summed E-state index contributed by atoms with van der Waals surface area (Å²) in [6.07, 6.45) is 2.81. The van der Waals surface area contributed by atoms with Crippen LogP contribution >= 0.6 is 11.6 Å². The minimum absolute atomic E-state index is 0.00120. The molecular weight excluding hydrogens is 464 g/mol. The molecule has 1 amide bonds. The van der Waals surface area contributed by atoms with Gasteiger partial charge in [0.1, 0.15) is 5.69 Å². The second kappa shape index (κ2) is 11.2. The van der Waals surface area contributed by atoms with E-state index in [4.69, 9.17) is 35.1 Å². The third-order valence-electron chi connectivity index (χ3n) is 4.64. The van der Waals surface area contributed by atoms with Crippen LogP contribution in [-0.4, -0.2) is 45.0 Å². The van der Waals surface area contributed by atoms with Gasteiger partial charge in [0.2, 0.25) is 11.6 Å². The molecule has 3 rings (SSSR count). The minimum Gasteiger partial charge on any atom is -0.493 e. The highest BCUT2D eigenvalue weighted by molar-refractivity contribution is 6.30. The molecule has 1 heterocycles. The topological polar surface area (TPSA) is 109 Å². The summed E-state index contributed by atoms with van der Waals surface area (Å²) in [6.45, 7) is 1.81. The largest absolute Gasteiger partial charge is 0.493 e. The first-order valence-corrected chi connectivity index (χ1v) is 10.5. The van der Waals surface area contributed by atoms with Crippen molar-refractivity contribution in [3.8, 4) is 28.5 Å². The van der Waals surface area contributed by atoms with Gasteiger partial charge in [0, 0.05) is 16.7 Å². The maximum absolute atomic E-state index is 12.6. The molecule has 10 heteroatoms. The minimum atomic E-state index is -0.683. The van der Waals surface area contributed by atoms with Gasteiger partial charge >= 0.3 is 5.97 Å². The van der Waals surface area contributed by atoms with Crippen molar-refractivity contribution in [2.24, 2.45) is 0 Å². The van der Waals surface area contributed by atoms with Crippen LogP contribution in [0.15, 0.2) is 47.0 Å². The molecule has 0 aliphatic carbocycles. The van der Waals surface area contributed by atoms with Crippen molar-refractivity contribution in [3.63, 3.8) is 0 Å². The van der Waals surface area contributed by atoms with E-state index in [0.717, 1.165) is 0 Å². The summed E-state index contributed by atoms with van der Waals surface area (Å²) < 4.78 is 26.3. The molecule has 1 N–H and O–H groups in total. The Labute approximate surface area is 201 Å². The van der Waals surface area contributed by atoms with Gasteiger partial charge in [0.25, 0.3) is 5.91 Å². The lowest BCUT2D eigenvalue weighted by atomic mass is 10.1. The van der Waals surface area contributed by atoms with Crippen LogP contribution in [-0.2, 0) is 9.53 Å². The van der Waals surface area contributed by atoms with E-state index in [0.29, 0.717) is 33.4 Å². The summed E-state index contributed by atoms with van der Waals surface area (Å²) in [4.78, 5) is 25.2. The third-order valence-corrected chi connectivity index (χ3v) is 4.89. The number of rotatable bonds is 9. The number of carbonyl (C=O) groups excluding carboxylic acids is 2. The first-order valence-electron chi connectivity index (χ1n) is 10.1. The molecule has 0 aliphatic heterocycles.